The highest BCUT2D eigenvalue weighted by Crippen LogP contribution is 2.33. The van der Waals surface area contributed by atoms with Crippen LogP contribution >= 0.6 is 11.6 Å². The van der Waals surface area contributed by atoms with Gasteiger partial charge < -0.3 is 15.6 Å². The standard InChI is InChI=1S/C17H12ClNO4S.C7H8N2O2/c1-19-14-7-4-11(17(21)22)9-13(14)16(20)15(24(19)23)8-10-2-5-12(18)6-3-10;1-11-6-3-2-5(4-9-6)7(8)10/h2-9H,1H3,(H,21,22);2-4H,1H3,(H2,8,10)/b15-8-;. The molecule has 1 unspecified atom stereocenters. The van der Waals surface area contributed by atoms with Crippen LogP contribution in [0, 0.1) is 0 Å². The summed E-state index contributed by atoms with van der Waals surface area (Å²) in [4.78, 5) is 38.3. The van der Waals surface area contributed by atoms with E-state index in [4.69, 9.17) is 27.2 Å². The normalized spacial score (nSPS) is 15.6. The summed E-state index contributed by atoms with van der Waals surface area (Å²) in [6.45, 7) is 0. The molecule has 0 bridgehead atoms. The molecule has 9 nitrogen and oxygen atoms in total. The third-order valence-electron chi connectivity index (χ3n) is 4.89. The maximum absolute atomic E-state index is 12.7. The number of halogens is 1. The van der Waals surface area contributed by atoms with Crippen molar-refractivity contribution in [1.82, 2.24) is 4.98 Å². The number of ether oxygens (including phenoxy) is 1. The summed E-state index contributed by atoms with van der Waals surface area (Å²) in [7, 11) is 1.43. The van der Waals surface area contributed by atoms with E-state index < -0.39 is 28.6 Å². The third kappa shape index (κ3) is 5.92. The number of hydrogen-bond donors (Lipinski definition) is 2. The number of aromatic nitrogens is 1. The number of amides is 1. The second-order valence-electron chi connectivity index (χ2n) is 7.13. The minimum atomic E-state index is -1.67. The minimum absolute atomic E-state index is 0.00836. The van der Waals surface area contributed by atoms with Gasteiger partial charge in [0.15, 0.2) is 11.0 Å². The molecule has 0 fully saturated rings. The number of carbonyl (C=O) groups is 3. The number of hydrogen-bond acceptors (Lipinski definition) is 6. The lowest BCUT2D eigenvalue weighted by Gasteiger charge is -2.27. The van der Waals surface area contributed by atoms with Crippen LogP contribution in [0.25, 0.3) is 6.08 Å². The van der Waals surface area contributed by atoms with Gasteiger partial charge in [-0.05, 0) is 48.0 Å². The Hall–Kier alpha value is -4.02. The number of fused-ring (bicyclic) bond motifs is 1. The van der Waals surface area contributed by atoms with Crippen molar-refractivity contribution in [2.24, 2.45) is 5.73 Å². The van der Waals surface area contributed by atoms with E-state index in [1.165, 1.54) is 41.9 Å². The molecule has 2 heterocycles. The van der Waals surface area contributed by atoms with Crippen molar-refractivity contribution >= 4 is 52.0 Å². The highest BCUT2D eigenvalue weighted by atomic mass is 35.5. The number of aromatic carboxylic acids is 1. The predicted molar refractivity (Wildman–Crippen MR) is 133 cm³/mol. The van der Waals surface area contributed by atoms with E-state index in [0.29, 0.717) is 27.7 Å². The van der Waals surface area contributed by atoms with E-state index in [1.807, 2.05) is 0 Å². The van der Waals surface area contributed by atoms with E-state index in [-0.39, 0.29) is 16.0 Å². The first-order valence-electron chi connectivity index (χ1n) is 9.97. The first kappa shape index (κ1) is 25.6. The predicted octanol–water partition coefficient (Wildman–Crippen LogP) is 3.56. The van der Waals surface area contributed by atoms with Crippen LogP contribution in [0.2, 0.25) is 5.02 Å². The van der Waals surface area contributed by atoms with Gasteiger partial charge in [0.2, 0.25) is 17.6 Å². The Labute approximate surface area is 208 Å². The minimum Gasteiger partial charge on any atom is -0.481 e. The summed E-state index contributed by atoms with van der Waals surface area (Å²) in [6.07, 6.45) is 2.91. The molecule has 0 saturated carbocycles. The molecule has 0 spiro atoms. The largest absolute Gasteiger partial charge is 0.481 e. The number of primary amides is 1. The van der Waals surface area contributed by atoms with Gasteiger partial charge in [0.05, 0.1) is 23.9 Å². The van der Waals surface area contributed by atoms with Crippen LogP contribution in [0.4, 0.5) is 5.69 Å². The van der Waals surface area contributed by atoms with Gasteiger partial charge in [-0.15, -0.1) is 0 Å². The zero-order valence-electron chi connectivity index (χ0n) is 18.6. The Balaban J connectivity index is 0.000000261. The lowest BCUT2D eigenvalue weighted by molar-refractivity contribution is 0.0696. The van der Waals surface area contributed by atoms with Crippen LogP contribution in [-0.4, -0.2) is 46.1 Å². The molecule has 1 amide bonds. The van der Waals surface area contributed by atoms with Gasteiger partial charge >= 0.3 is 5.97 Å². The van der Waals surface area contributed by atoms with Crippen molar-refractivity contribution in [1.29, 1.82) is 0 Å². The van der Waals surface area contributed by atoms with Crippen molar-refractivity contribution in [2.45, 2.75) is 0 Å². The number of methoxy groups -OCH3 is 1. The lowest BCUT2D eigenvalue weighted by atomic mass is 10.0. The summed E-state index contributed by atoms with van der Waals surface area (Å²) in [5, 5.41) is 9.66. The van der Waals surface area contributed by atoms with E-state index >= 15 is 0 Å². The Morgan fingerprint density at radius 3 is 2.31 bits per heavy atom. The van der Waals surface area contributed by atoms with Gasteiger partial charge in [-0.3, -0.25) is 13.9 Å². The quantitative estimate of drug-likeness (QED) is 0.508. The van der Waals surface area contributed by atoms with Gasteiger partial charge in [0.25, 0.3) is 0 Å². The number of nitrogens with zero attached hydrogens (tertiary/aromatic N) is 2. The number of carbonyl (C=O) groups excluding carboxylic acids is 2. The molecule has 0 radical (unpaired) electrons. The molecule has 1 atom stereocenters. The topological polar surface area (TPSA) is 140 Å². The van der Waals surface area contributed by atoms with Crippen molar-refractivity contribution in [3.8, 4) is 5.88 Å². The summed E-state index contributed by atoms with van der Waals surface area (Å²) in [5.41, 5.74) is 6.72. The monoisotopic (exact) mass is 513 g/mol. The Kier molecular flexibility index (Phi) is 8.00. The second kappa shape index (κ2) is 10.9. The molecule has 180 valence electrons. The molecule has 4 rings (SSSR count). The van der Waals surface area contributed by atoms with Gasteiger partial charge in [-0.1, -0.05) is 23.7 Å². The molecule has 1 aliphatic heterocycles. The van der Waals surface area contributed by atoms with E-state index in [9.17, 15) is 18.6 Å². The molecule has 2 aromatic carbocycles. The summed E-state index contributed by atoms with van der Waals surface area (Å²) in [5.74, 6) is -1.59. The molecule has 3 N–H and O–H groups in total. The number of anilines is 1. The van der Waals surface area contributed by atoms with E-state index in [2.05, 4.69) is 4.98 Å². The molecule has 3 aromatic rings. The highest BCUT2D eigenvalue weighted by molar-refractivity contribution is 7.91. The van der Waals surface area contributed by atoms with Crippen LogP contribution in [-0.2, 0) is 11.0 Å². The van der Waals surface area contributed by atoms with Crippen molar-refractivity contribution in [3.63, 3.8) is 0 Å². The molecule has 1 aromatic heterocycles. The van der Waals surface area contributed by atoms with Crippen LogP contribution in [0.5, 0.6) is 5.88 Å². The number of pyridine rings is 1. The zero-order valence-corrected chi connectivity index (χ0v) is 20.2. The van der Waals surface area contributed by atoms with Gasteiger partial charge in [0.1, 0.15) is 4.91 Å². The SMILES string of the molecule is CN1c2ccc(C(=O)O)cc2C(=O)/C(=C/c2ccc(Cl)cc2)S1=O.COc1ccc(C(N)=O)cn1. The number of ketones is 1. The van der Waals surface area contributed by atoms with Crippen LogP contribution < -0.4 is 14.8 Å². The Morgan fingerprint density at radius 2 is 1.77 bits per heavy atom. The zero-order chi connectivity index (χ0) is 25.7. The van der Waals surface area contributed by atoms with Crippen LogP contribution in [0.15, 0.2) is 65.7 Å². The fourth-order valence-corrected chi connectivity index (χ4v) is 4.31. The fourth-order valence-electron chi connectivity index (χ4n) is 3.05. The summed E-state index contributed by atoms with van der Waals surface area (Å²) >= 11 is 5.84. The van der Waals surface area contributed by atoms with Crippen LogP contribution in [0.3, 0.4) is 0 Å². The Morgan fingerprint density at radius 1 is 1.11 bits per heavy atom. The van der Waals surface area contributed by atoms with Crippen molar-refractivity contribution in [3.05, 3.63) is 93.0 Å². The first-order valence-corrected chi connectivity index (χ1v) is 11.5. The summed E-state index contributed by atoms with van der Waals surface area (Å²) < 4.78 is 18.8. The van der Waals surface area contributed by atoms with Gasteiger partial charge in [-0.2, -0.15) is 0 Å². The van der Waals surface area contributed by atoms with Gasteiger partial charge in [0, 0.05) is 29.9 Å². The highest BCUT2D eigenvalue weighted by Gasteiger charge is 2.32. The number of carboxylic acids is 1. The molecule has 35 heavy (non-hydrogen) atoms. The fraction of sp³-hybridized carbons (Fsp3) is 0.0833. The van der Waals surface area contributed by atoms with Crippen molar-refractivity contribution in [2.75, 3.05) is 18.5 Å². The number of Topliss-reactive ketones (excluding diaryl/α,β-unsaturated/α-hetero) is 1. The molecule has 0 saturated heterocycles. The third-order valence-corrected chi connectivity index (χ3v) is 6.51. The smallest absolute Gasteiger partial charge is 0.335 e. The maximum Gasteiger partial charge on any atom is 0.335 e. The maximum atomic E-state index is 12.7. The summed E-state index contributed by atoms with van der Waals surface area (Å²) in [6, 6.07) is 14.1. The number of nitrogens with two attached hydrogens (primary N) is 1. The number of benzene rings is 2. The average Bonchev–Trinajstić information content (AvgIpc) is 2.86. The lowest BCUT2D eigenvalue weighted by Crippen LogP contribution is -2.31. The number of carboxylic acid groups (broad SMARTS) is 1. The molecule has 11 heteroatoms. The molecular formula is C24H20ClN3O6S. The second-order valence-corrected chi connectivity index (χ2v) is 9.05. The first-order chi connectivity index (χ1) is 16.6. The van der Waals surface area contributed by atoms with Gasteiger partial charge in [-0.25, -0.2) is 14.0 Å². The van der Waals surface area contributed by atoms with Crippen molar-refractivity contribution < 1.29 is 28.4 Å². The molecular weight excluding hydrogens is 494 g/mol. The number of allylic oxidation sites excluding steroid dienone is 1. The molecule has 0 aliphatic carbocycles. The van der Waals surface area contributed by atoms with E-state index in [1.54, 1.807) is 43.4 Å². The van der Waals surface area contributed by atoms with E-state index in [0.717, 1.165) is 0 Å². The average molecular weight is 514 g/mol. The molecule has 1 aliphatic rings. The number of rotatable bonds is 4. The van der Waals surface area contributed by atoms with Crippen LogP contribution in [0.1, 0.15) is 36.6 Å². The Bertz CT molecular complexity index is 1340.